The summed E-state index contributed by atoms with van der Waals surface area (Å²) in [6.45, 7) is 2.39. The Bertz CT molecular complexity index is 993. The summed E-state index contributed by atoms with van der Waals surface area (Å²) in [6, 6.07) is 20.7. The van der Waals surface area contributed by atoms with Crippen LogP contribution < -0.4 is 14.8 Å². The van der Waals surface area contributed by atoms with Gasteiger partial charge in [0.2, 0.25) is 6.54 Å². The minimum absolute atomic E-state index is 0.0269. The molecule has 1 aliphatic heterocycles. The molecule has 30 heavy (non-hydrogen) atoms. The number of amides is 1. The van der Waals surface area contributed by atoms with Crippen LogP contribution in [0.3, 0.4) is 0 Å². The largest absolute Gasteiger partial charge is 0.372 e. The maximum absolute atomic E-state index is 12.5. The highest BCUT2D eigenvalue weighted by molar-refractivity contribution is 6.08. The molecule has 3 aromatic rings. The molecule has 2 aromatic carbocycles. The fourth-order valence-electron chi connectivity index (χ4n) is 3.74. The van der Waals surface area contributed by atoms with Crippen LogP contribution >= 0.6 is 0 Å². The standard InChI is InChI=1S/C25H25N3O2/c29-24(26-22-9-11-23(12-10-22)28-15-5-2-6-16-28)19-27-17-13-21(14-18-27)25(30)20-7-3-1-4-8-20/h1,3-4,7-14,17-18H,2,5-6,15-16,19H2/p+1. The Balaban J connectivity index is 1.33. The number of carbonyl (C=O) groups is 2. The van der Waals surface area contributed by atoms with Gasteiger partial charge in [0.05, 0.1) is 0 Å². The maximum Gasteiger partial charge on any atom is 0.290 e. The predicted octanol–water partition coefficient (Wildman–Crippen LogP) is 3.83. The third-order valence-corrected chi connectivity index (χ3v) is 5.39. The normalized spacial score (nSPS) is 13.7. The fraction of sp³-hybridized carbons (Fsp3) is 0.240. The van der Waals surface area contributed by atoms with E-state index in [1.54, 1.807) is 41.2 Å². The molecule has 0 aliphatic carbocycles. The molecule has 0 bridgehead atoms. The van der Waals surface area contributed by atoms with Gasteiger partial charge in [0.1, 0.15) is 0 Å². The maximum atomic E-state index is 12.5. The average molecular weight is 401 g/mol. The summed E-state index contributed by atoms with van der Waals surface area (Å²) in [4.78, 5) is 27.3. The van der Waals surface area contributed by atoms with Gasteiger partial charge in [0, 0.05) is 47.7 Å². The molecule has 1 saturated heterocycles. The van der Waals surface area contributed by atoms with E-state index in [1.807, 2.05) is 30.3 Å². The van der Waals surface area contributed by atoms with Crippen LogP contribution in [0, 0.1) is 0 Å². The van der Waals surface area contributed by atoms with Crippen molar-refractivity contribution in [2.24, 2.45) is 0 Å². The summed E-state index contributed by atoms with van der Waals surface area (Å²) in [5, 5.41) is 2.94. The summed E-state index contributed by atoms with van der Waals surface area (Å²) in [7, 11) is 0. The zero-order valence-electron chi connectivity index (χ0n) is 17.0. The molecule has 1 aliphatic rings. The van der Waals surface area contributed by atoms with Gasteiger partial charge in [-0.1, -0.05) is 30.3 Å². The van der Waals surface area contributed by atoms with Gasteiger partial charge in [-0.3, -0.25) is 9.59 Å². The number of nitrogens with zero attached hydrogens (tertiary/aromatic N) is 2. The van der Waals surface area contributed by atoms with Crippen molar-refractivity contribution in [1.82, 2.24) is 0 Å². The first-order valence-corrected chi connectivity index (χ1v) is 10.4. The number of aromatic nitrogens is 1. The second-order valence-electron chi connectivity index (χ2n) is 7.60. The van der Waals surface area contributed by atoms with Gasteiger partial charge in [-0.25, -0.2) is 0 Å². The van der Waals surface area contributed by atoms with E-state index in [-0.39, 0.29) is 18.2 Å². The summed E-state index contributed by atoms with van der Waals surface area (Å²) in [5.41, 5.74) is 3.25. The molecule has 0 radical (unpaired) electrons. The molecule has 4 rings (SSSR count). The van der Waals surface area contributed by atoms with Crippen molar-refractivity contribution in [3.8, 4) is 0 Å². The van der Waals surface area contributed by atoms with Crippen LogP contribution in [0.4, 0.5) is 11.4 Å². The van der Waals surface area contributed by atoms with Crippen LogP contribution in [-0.2, 0) is 11.3 Å². The van der Waals surface area contributed by atoms with Gasteiger partial charge in [-0.05, 0) is 43.5 Å². The topological polar surface area (TPSA) is 53.3 Å². The number of ketones is 1. The molecule has 1 N–H and O–H groups in total. The number of hydrogen-bond donors (Lipinski definition) is 1. The highest BCUT2D eigenvalue weighted by atomic mass is 16.2. The molecule has 0 atom stereocenters. The lowest BCUT2D eigenvalue weighted by Gasteiger charge is -2.28. The Morgan fingerprint density at radius 2 is 1.43 bits per heavy atom. The molecule has 1 fully saturated rings. The molecule has 152 valence electrons. The molecule has 2 heterocycles. The monoisotopic (exact) mass is 400 g/mol. The van der Waals surface area contributed by atoms with Gasteiger partial charge < -0.3 is 10.2 Å². The Labute approximate surface area is 177 Å². The van der Waals surface area contributed by atoms with E-state index >= 15 is 0 Å². The lowest BCUT2D eigenvalue weighted by Crippen LogP contribution is -2.39. The average Bonchev–Trinajstić information content (AvgIpc) is 2.81. The first kappa shape index (κ1) is 19.8. The Kier molecular flexibility index (Phi) is 6.18. The summed E-state index contributed by atoms with van der Waals surface area (Å²) in [5.74, 6) is -0.131. The fourth-order valence-corrected chi connectivity index (χ4v) is 3.74. The number of benzene rings is 2. The molecule has 1 amide bonds. The van der Waals surface area contributed by atoms with Crippen LogP contribution in [0.15, 0.2) is 79.1 Å². The van der Waals surface area contributed by atoms with E-state index in [1.165, 1.54) is 24.9 Å². The number of piperidine rings is 1. The van der Waals surface area contributed by atoms with Gasteiger partial charge in [-0.15, -0.1) is 0 Å². The third-order valence-electron chi connectivity index (χ3n) is 5.39. The smallest absolute Gasteiger partial charge is 0.290 e. The van der Waals surface area contributed by atoms with Crippen molar-refractivity contribution in [1.29, 1.82) is 0 Å². The zero-order valence-corrected chi connectivity index (χ0v) is 17.0. The summed E-state index contributed by atoms with van der Waals surface area (Å²) in [6.07, 6.45) is 7.31. The third kappa shape index (κ3) is 4.92. The van der Waals surface area contributed by atoms with E-state index in [4.69, 9.17) is 0 Å². The minimum atomic E-state index is -0.104. The van der Waals surface area contributed by atoms with Crippen molar-refractivity contribution in [3.63, 3.8) is 0 Å². The number of pyridine rings is 1. The van der Waals surface area contributed by atoms with E-state index in [0.29, 0.717) is 11.1 Å². The quantitative estimate of drug-likeness (QED) is 0.505. The first-order chi connectivity index (χ1) is 14.7. The van der Waals surface area contributed by atoms with Gasteiger partial charge in [-0.2, -0.15) is 4.57 Å². The second kappa shape index (κ2) is 9.35. The van der Waals surface area contributed by atoms with Crippen LogP contribution in [0.5, 0.6) is 0 Å². The summed E-state index contributed by atoms with van der Waals surface area (Å²) >= 11 is 0. The van der Waals surface area contributed by atoms with Crippen LogP contribution in [0.25, 0.3) is 0 Å². The van der Waals surface area contributed by atoms with Crippen molar-refractivity contribution in [3.05, 3.63) is 90.3 Å². The Hall–Kier alpha value is -3.47. The molecular weight excluding hydrogens is 374 g/mol. The highest BCUT2D eigenvalue weighted by Gasteiger charge is 2.14. The summed E-state index contributed by atoms with van der Waals surface area (Å²) < 4.78 is 1.76. The van der Waals surface area contributed by atoms with Crippen molar-refractivity contribution >= 4 is 23.1 Å². The van der Waals surface area contributed by atoms with Crippen LogP contribution in [-0.4, -0.2) is 24.8 Å². The number of nitrogens with one attached hydrogen (secondary N) is 1. The van der Waals surface area contributed by atoms with Crippen molar-refractivity contribution in [2.75, 3.05) is 23.3 Å². The first-order valence-electron chi connectivity index (χ1n) is 10.4. The van der Waals surface area contributed by atoms with E-state index in [0.717, 1.165) is 18.8 Å². The number of hydrogen-bond acceptors (Lipinski definition) is 3. The predicted molar refractivity (Wildman–Crippen MR) is 118 cm³/mol. The lowest BCUT2D eigenvalue weighted by molar-refractivity contribution is -0.684. The van der Waals surface area contributed by atoms with Gasteiger partial charge in [0.25, 0.3) is 5.91 Å². The van der Waals surface area contributed by atoms with E-state index in [9.17, 15) is 9.59 Å². The number of rotatable bonds is 6. The van der Waals surface area contributed by atoms with Gasteiger partial charge >= 0.3 is 0 Å². The molecule has 5 nitrogen and oxygen atoms in total. The Morgan fingerprint density at radius 1 is 0.800 bits per heavy atom. The van der Waals surface area contributed by atoms with Crippen molar-refractivity contribution in [2.45, 2.75) is 25.8 Å². The Morgan fingerprint density at radius 3 is 2.10 bits per heavy atom. The van der Waals surface area contributed by atoms with Crippen LogP contribution in [0.2, 0.25) is 0 Å². The molecule has 0 unspecified atom stereocenters. The SMILES string of the molecule is O=C(C[n+]1ccc(C(=O)c2ccccc2)cc1)Nc1ccc(N2CCCCC2)cc1. The van der Waals surface area contributed by atoms with Crippen molar-refractivity contribution < 1.29 is 14.2 Å². The number of anilines is 2. The lowest BCUT2D eigenvalue weighted by atomic mass is 10.0. The van der Waals surface area contributed by atoms with E-state index in [2.05, 4.69) is 22.3 Å². The highest BCUT2D eigenvalue weighted by Crippen LogP contribution is 2.21. The second-order valence-corrected chi connectivity index (χ2v) is 7.60. The number of carbonyl (C=O) groups excluding carboxylic acids is 2. The molecule has 0 spiro atoms. The molecule has 1 aromatic heterocycles. The van der Waals surface area contributed by atoms with Crippen LogP contribution in [0.1, 0.15) is 35.2 Å². The molecule has 0 saturated carbocycles. The minimum Gasteiger partial charge on any atom is -0.372 e. The molecular formula is C25H26N3O2+. The van der Waals surface area contributed by atoms with E-state index < -0.39 is 0 Å². The molecule has 5 heteroatoms. The van der Waals surface area contributed by atoms with Gasteiger partial charge in [0.15, 0.2) is 18.2 Å². The zero-order chi connectivity index (χ0) is 20.8.